The summed E-state index contributed by atoms with van der Waals surface area (Å²) in [5, 5.41) is 0. The Balaban J connectivity index is 3.38. The Labute approximate surface area is 129 Å². The van der Waals surface area contributed by atoms with E-state index < -0.39 is 24.0 Å². The molecule has 21 heavy (non-hydrogen) atoms. The molecular weight excluding hydrogens is 338 g/mol. The van der Waals surface area contributed by atoms with Gasteiger partial charge in [0.15, 0.2) is 0 Å². The van der Waals surface area contributed by atoms with E-state index in [9.17, 15) is 16.8 Å². The standard InChI is InChI=1S/C12H16ClNO5S2/c1-3-8-14(9-10-19-2)21(17,18)12-7-5-4-6-11(12)20(13,15)16/h3-7H,1,8-10H2,2H3. The molecule has 0 radical (unpaired) electrons. The second-order valence-corrected chi connectivity index (χ2v) is 8.47. The molecule has 118 valence electrons. The van der Waals surface area contributed by atoms with Gasteiger partial charge in [-0.2, -0.15) is 4.31 Å². The smallest absolute Gasteiger partial charge is 0.262 e. The molecule has 1 aromatic rings. The van der Waals surface area contributed by atoms with E-state index in [1.807, 2.05) is 0 Å². The topological polar surface area (TPSA) is 80.8 Å². The third-order valence-corrected chi connectivity index (χ3v) is 6.04. The highest BCUT2D eigenvalue weighted by Crippen LogP contribution is 2.26. The third kappa shape index (κ3) is 4.52. The Morgan fingerprint density at radius 2 is 1.81 bits per heavy atom. The molecule has 0 fully saturated rings. The van der Waals surface area contributed by atoms with Crippen LogP contribution < -0.4 is 0 Å². The molecule has 0 saturated heterocycles. The van der Waals surface area contributed by atoms with Gasteiger partial charge in [0.25, 0.3) is 9.05 Å². The molecule has 0 amide bonds. The number of hydrogen-bond acceptors (Lipinski definition) is 5. The first-order valence-electron chi connectivity index (χ1n) is 5.89. The molecule has 0 heterocycles. The van der Waals surface area contributed by atoms with Crippen LogP contribution >= 0.6 is 10.7 Å². The summed E-state index contributed by atoms with van der Waals surface area (Å²) < 4.78 is 54.2. The van der Waals surface area contributed by atoms with Crippen LogP contribution in [0.2, 0.25) is 0 Å². The van der Waals surface area contributed by atoms with Gasteiger partial charge in [0, 0.05) is 30.9 Å². The number of nitrogens with zero attached hydrogens (tertiary/aromatic N) is 1. The van der Waals surface area contributed by atoms with Crippen LogP contribution in [0.4, 0.5) is 0 Å². The van der Waals surface area contributed by atoms with Crippen molar-refractivity contribution in [2.45, 2.75) is 9.79 Å². The molecule has 0 saturated carbocycles. The molecule has 0 aromatic heterocycles. The normalized spacial score (nSPS) is 12.5. The van der Waals surface area contributed by atoms with E-state index in [2.05, 4.69) is 6.58 Å². The Hall–Kier alpha value is -0.930. The molecule has 1 aromatic carbocycles. The minimum absolute atomic E-state index is 0.0301. The minimum atomic E-state index is -4.18. The maximum absolute atomic E-state index is 12.6. The SMILES string of the molecule is C=CCN(CCOC)S(=O)(=O)c1ccccc1S(=O)(=O)Cl. The van der Waals surface area contributed by atoms with Gasteiger partial charge in [0.2, 0.25) is 10.0 Å². The van der Waals surface area contributed by atoms with Gasteiger partial charge in [-0.1, -0.05) is 18.2 Å². The van der Waals surface area contributed by atoms with E-state index in [0.717, 1.165) is 10.4 Å². The second-order valence-electron chi connectivity index (χ2n) is 4.03. The zero-order valence-electron chi connectivity index (χ0n) is 11.4. The monoisotopic (exact) mass is 353 g/mol. The van der Waals surface area contributed by atoms with Crippen molar-refractivity contribution in [3.8, 4) is 0 Å². The zero-order chi connectivity index (χ0) is 16.1. The highest BCUT2D eigenvalue weighted by Gasteiger charge is 2.29. The number of hydrogen-bond donors (Lipinski definition) is 0. The van der Waals surface area contributed by atoms with Gasteiger partial charge >= 0.3 is 0 Å². The summed E-state index contributed by atoms with van der Waals surface area (Å²) in [4.78, 5) is -0.809. The van der Waals surface area contributed by atoms with E-state index in [1.54, 1.807) is 0 Å². The van der Waals surface area contributed by atoms with E-state index in [0.29, 0.717) is 0 Å². The van der Waals surface area contributed by atoms with Crippen molar-refractivity contribution in [1.29, 1.82) is 0 Å². The van der Waals surface area contributed by atoms with Crippen LogP contribution in [0, 0.1) is 0 Å². The van der Waals surface area contributed by atoms with Crippen molar-refractivity contribution in [2.24, 2.45) is 0 Å². The van der Waals surface area contributed by atoms with Gasteiger partial charge in [0.1, 0.15) is 9.79 Å². The van der Waals surface area contributed by atoms with Crippen LogP contribution in [-0.4, -0.2) is 47.9 Å². The molecule has 9 heteroatoms. The summed E-state index contributed by atoms with van der Waals surface area (Å²) in [6, 6.07) is 5.19. The van der Waals surface area contributed by atoms with Crippen molar-refractivity contribution in [3.05, 3.63) is 36.9 Å². The van der Waals surface area contributed by atoms with Gasteiger partial charge in [-0.05, 0) is 12.1 Å². The van der Waals surface area contributed by atoms with Gasteiger partial charge in [-0.15, -0.1) is 6.58 Å². The molecular formula is C12H16ClNO5S2. The molecule has 0 atom stereocenters. The molecule has 0 aliphatic rings. The predicted octanol–water partition coefficient (Wildman–Crippen LogP) is 1.44. The number of methoxy groups -OCH3 is 1. The summed E-state index contributed by atoms with van der Waals surface area (Å²) >= 11 is 0. The zero-order valence-corrected chi connectivity index (χ0v) is 13.8. The largest absolute Gasteiger partial charge is 0.383 e. The number of halogens is 1. The quantitative estimate of drug-likeness (QED) is 0.521. The number of benzene rings is 1. The average Bonchev–Trinajstić information content (AvgIpc) is 2.42. The van der Waals surface area contributed by atoms with Crippen LogP contribution in [0.25, 0.3) is 0 Å². The molecule has 0 unspecified atom stereocenters. The van der Waals surface area contributed by atoms with Crippen LogP contribution in [-0.2, 0) is 23.8 Å². The summed E-state index contributed by atoms with van der Waals surface area (Å²) in [7, 11) is -1.47. The van der Waals surface area contributed by atoms with Crippen molar-refractivity contribution < 1.29 is 21.6 Å². The molecule has 0 spiro atoms. The fraction of sp³-hybridized carbons (Fsp3) is 0.333. The second kappa shape index (κ2) is 7.37. The maximum Gasteiger partial charge on any atom is 0.262 e. The van der Waals surface area contributed by atoms with Crippen molar-refractivity contribution >= 4 is 29.8 Å². The fourth-order valence-corrected chi connectivity index (χ4v) is 4.85. The van der Waals surface area contributed by atoms with Crippen LogP contribution in [0.3, 0.4) is 0 Å². The van der Waals surface area contributed by atoms with Gasteiger partial charge in [-0.3, -0.25) is 0 Å². The average molecular weight is 354 g/mol. The van der Waals surface area contributed by atoms with E-state index in [-0.39, 0.29) is 24.6 Å². The molecule has 6 nitrogen and oxygen atoms in total. The molecule has 0 aliphatic heterocycles. The molecule has 1 rings (SSSR count). The Kier molecular flexibility index (Phi) is 6.36. The highest BCUT2D eigenvalue weighted by molar-refractivity contribution is 8.14. The van der Waals surface area contributed by atoms with E-state index in [4.69, 9.17) is 15.4 Å². The van der Waals surface area contributed by atoms with E-state index in [1.165, 1.54) is 31.4 Å². The summed E-state index contributed by atoms with van der Waals surface area (Å²) in [5.41, 5.74) is 0. The maximum atomic E-state index is 12.6. The Morgan fingerprint density at radius 3 is 2.29 bits per heavy atom. The summed E-state index contributed by atoms with van der Waals surface area (Å²) in [5.74, 6) is 0. The predicted molar refractivity (Wildman–Crippen MR) is 80.3 cm³/mol. The minimum Gasteiger partial charge on any atom is -0.383 e. The van der Waals surface area contributed by atoms with Crippen molar-refractivity contribution in [3.63, 3.8) is 0 Å². The lowest BCUT2D eigenvalue weighted by Crippen LogP contribution is -2.34. The first-order chi connectivity index (χ1) is 9.75. The highest BCUT2D eigenvalue weighted by atomic mass is 35.7. The van der Waals surface area contributed by atoms with E-state index >= 15 is 0 Å². The lowest BCUT2D eigenvalue weighted by atomic mass is 10.4. The Morgan fingerprint density at radius 1 is 1.24 bits per heavy atom. The number of ether oxygens (including phenoxy) is 1. The van der Waals surface area contributed by atoms with Gasteiger partial charge < -0.3 is 4.74 Å². The van der Waals surface area contributed by atoms with Gasteiger partial charge in [0.05, 0.1) is 6.61 Å². The third-order valence-electron chi connectivity index (χ3n) is 2.61. The number of sulfonamides is 1. The van der Waals surface area contributed by atoms with Crippen molar-refractivity contribution in [2.75, 3.05) is 26.8 Å². The van der Waals surface area contributed by atoms with Gasteiger partial charge in [-0.25, -0.2) is 16.8 Å². The van der Waals surface area contributed by atoms with Crippen molar-refractivity contribution in [1.82, 2.24) is 4.31 Å². The molecule has 0 N–H and O–H groups in total. The first kappa shape index (κ1) is 18.1. The first-order valence-corrected chi connectivity index (χ1v) is 9.63. The Bertz CT molecular complexity index is 700. The molecule has 0 bridgehead atoms. The summed E-state index contributed by atoms with van der Waals surface area (Å²) in [6.45, 7) is 3.77. The van der Waals surface area contributed by atoms with Crippen LogP contribution in [0.15, 0.2) is 46.7 Å². The fourth-order valence-electron chi connectivity index (χ4n) is 1.65. The lowest BCUT2D eigenvalue weighted by Gasteiger charge is -2.21. The molecule has 0 aliphatic carbocycles. The van der Waals surface area contributed by atoms with Crippen LogP contribution in [0.1, 0.15) is 0 Å². The summed E-state index contributed by atoms with van der Waals surface area (Å²) in [6.07, 6.45) is 1.41. The number of rotatable bonds is 8. The lowest BCUT2D eigenvalue weighted by molar-refractivity contribution is 0.182. The van der Waals surface area contributed by atoms with Crippen LogP contribution in [0.5, 0.6) is 0 Å².